The van der Waals surface area contributed by atoms with Gasteiger partial charge in [0.05, 0.1) is 18.7 Å². The lowest BCUT2D eigenvalue weighted by atomic mass is 10.1. The molecule has 0 saturated heterocycles. The van der Waals surface area contributed by atoms with Crippen LogP contribution in [-0.4, -0.2) is 29.5 Å². The van der Waals surface area contributed by atoms with Crippen molar-refractivity contribution in [3.8, 4) is 11.8 Å². The summed E-state index contributed by atoms with van der Waals surface area (Å²) in [6.07, 6.45) is 2.27. The summed E-state index contributed by atoms with van der Waals surface area (Å²) in [6.45, 7) is 0.598. The Morgan fingerprint density at radius 3 is 2.68 bits per heavy atom. The zero-order valence-electron chi connectivity index (χ0n) is 15.3. The number of hydrogen-bond donors (Lipinski definition) is 2. The van der Waals surface area contributed by atoms with E-state index >= 15 is 0 Å². The highest BCUT2D eigenvalue weighted by Gasteiger charge is 2.10. The van der Waals surface area contributed by atoms with Crippen LogP contribution in [0.25, 0.3) is 0 Å². The quantitative estimate of drug-likeness (QED) is 0.659. The molecule has 0 atom stereocenters. The van der Waals surface area contributed by atoms with Crippen molar-refractivity contribution in [1.82, 2.24) is 9.97 Å². The van der Waals surface area contributed by atoms with Crippen LogP contribution in [0.2, 0.25) is 0 Å². The van der Waals surface area contributed by atoms with Crippen molar-refractivity contribution in [2.45, 2.75) is 6.42 Å². The highest BCUT2D eigenvalue weighted by atomic mass is 16.5. The summed E-state index contributed by atoms with van der Waals surface area (Å²) in [5.41, 5.74) is 2.45. The fourth-order valence-electron chi connectivity index (χ4n) is 2.61. The van der Waals surface area contributed by atoms with Crippen molar-refractivity contribution in [1.29, 1.82) is 5.26 Å². The van der Waals surface area contributed by atoms with Crippen LogP contribution in [0.1, 0.15) is 21.6 Å². The Bertz CT molecular complexity index is 996. The Balaban J connectivity index is 1.60. The Kier molecular flexibility index (Phi) is 6.16. The average Bonchev–Trinajstić information content (AvgIpc) is 2.75. The van der Waals surface area contributed by atoms with Crippen molar-refractivity contribution < 1.29 is 9.53 Å². The molecule has 3 aromatic rings. The van der Waals surface area contributed by atoms with Crippen LogP contribution in [0.15, 0.2) is 60.8 Å². The number of hydrogen-bond acceptors (Lipinski definition) is 6. The highest BCUT2D eigenvalue weighted by molar-refractivity contribution is 6.02. The number of amides is 1. The third-order valence-corrected chi connectivity index (χ3v) is 4.03. The molecule has 0 saturated carbocycles. The standard InChI is InChI=1S/C21H19N5O2/c1-28-19-5-3-2-4-16(19)10-12-23-21-24-13-11-18(26-21)20(27)25-17-8-6-15(14-22)7-9-17/h2-9,11,13H,10,12H2,1H3,(H,25,27)(H,23,24,26). The molecule has 0 radical (unpaired) electrons. The van der Waals surface area contributed by atoms with Gasteiger partial charge >= 0.3 is 0 Å². The molecule has 1 amide bonds. The first kappa shape index (κ1) is 18.9. The monoisotopic (exact) mass is 373 g/mol. The third kappa shape index (κ3) is 4.83. The lowest BCUT2D eigenvalue weighted by Gasteiger charge is -2.09. The minimum Gasteiger partial charge on any atom is -0.496 e. The maximum atomic E-state index is 12.4. The molecule has 1 aromatic heterocycles. The van der Waals surface area contributed by atoms with Crippen LogP contribution in [0, 0.1) is 11.3 Å². The van der Waals surface area contributed by atoms with Gasteiger partial charge in [-0.3, -0.25) is 4.79 Å². The Hall–Kier alpha value is -3.92. The number of methoxy groups -OCH3 is 1. The maximum Gasteiger partial charge on any atom is 0.274 e. The van der Waals surface area contributed by atoms with Crippen molar-refractivity contribution in [3.05, 3.63) is 77.6 Å². The summed E-state index contributed by atoms with van der Waals surface area (Å²) >= 11 is 0. The van der Waals surface area contributed by atoms with E-state index in [4.69, 9.17) is 10.00 Å². The van der Waals surface area contributed by atoms with Gasteiger partial charge in [-0.2, -0.15) is 5.26 Å². The first-order valence-corrected chi connectivity index (χ1v) is 8.70. The van der Waals surface area contributed by atoms with Gasteiger partial charge in [0.1, 0.15) is 11.4 Å². The van der Waals surface area contributed by atoms with Gasteiger partial charge in [-0.25, -0.2) is 9.97 Å². The van der Waals surface area contributed by atoms with Gasteiger partial charge in [0.15, 0.2) is 0 Å². The Morgan fingerprint density at radius 2 is 1.93 bits per heavy atom. The first-order chi connectivity index (χ1) is 13.7. The molecule has 0 bridgehead atoms. The molecule has 0 aliphatic rings. The van der Waals surface area contributed by atoms with Crippen molar-refractivity contribution in [3.63, 3.8) is 0 Å². The van der Waals surface area contributed by atoms with Crippen LogP contribution in [0.5, 0.6) is 5.75 Å². The summed E-state index contributed by atoms with van der Waals surface area (Å²) in [6, 6.07) is 18.0. The number of nitrogens with zero attached hydrogens (tertiary/aromatic N) is 3. The third-order valence-electron chi connectivity index (χ3n) is 4.03. The van der Waals surface area contributed by atoms with Gasteiger partial charge in [-0.1, -0.05) is 18.2 Å². The summed E-state index contributed by atoms with van der Waals surface area (Å²) in [7, 11) is 1.64. The number of aromatic nitrogens is 2. The number of rotatable bonds is 7. The van der Waals surface area contributed by atoms with Crippen LogP contribution < -0.4 is 15.4 Å². The molecule has 3 rings (SSSR count). The van der Waals surface area contributed by atoms with E-state index in [0.29, 0.717) is 23.7 Å². The number of carbonyl (C=O) groups is 1. The normalized spacial score (nSPS) is 10.0. The lowest BCUT2D eigenvalue weighted by Crippen LogP contribution is -2.16. The first-order valence-electron chi connectivity index (χ1n) is 8.70. The van der Waals surface area contributed by atoms with Crippen molar-refractivity contribution in [2.24, 2.45) is 0 Å². The smallest absolute Gasteiger partial charge is 0.274 e. The van der Waals surface area contributed by atoms with E-state index in [-0.39, 0.29) is 11.6 Å². The number of nitriles is 1. The van der Waals surface area contributed by atoms with Gasteiger partial charge in [0.25, 0.3) is 5.91 Å². The number of benzene rings is 2. The van der Waals surface area contributed by atoms with Crippen LogP contribution in [0.4, 0.5) is 11.6 Å². The van der Waals surface area contributed by atoms with Gasteiger partial charge < -0.3 is 15.4 Å². The van der Waals surface area contributed by atoms with E-state index in [1.807, 2.05) is 30.3 Å². The van der Waals surface area contributed by atoms with Gasteiger partial charge in [0.2, 0.25) is 5.95 Å². The molecule has 0 spiro atoms. The summed E-state index contributed by atoms with van der Waals surface area (Å²) < 4.78 is 5.34. The van der Waals surface area contributed by atoms with Crippen LogP contribution in [0.3, 0.4) is 0 Å². The van der Waals surface area contributed by atoms with E-state index < -0.39 is 0 Å². The van der Waals surface area contributed by atoms with E-state index in [0.717, 1.165) is 17.7 Å². The summed E-state index contributed by atoms with van der Waals surface area (Å²) in [5.74, 6) is 0.864. The molecule has 0 fully saturated rings. The second-order valence-electron chi connectivity index (χ2n) is 5.90. The molecule has 0 unspecified atom stereocenters. The molecule has 28 heavy (non-hydrogen) atoms. The number of nitrogens with one attached hydrogen (secondary N) is 2. The van der Waals surface area contributed by atoms with E-state index in [1.54, 1.807) is 37.4 Å². The van der Waals surface area contributed by atoms with Gasteiger partial charge in [-0.15, -0.1) is 0 Å². The molecule has 2 N–H and O–H groups in total. The van der Waals surface area contributed by atoms with E-state index in [2.05, 4.69) is 20.6 Å². The second kappa shape index (κ2) is 9.14. The number of ether oxygens (including phenoxy) is 1. The van der Waals surface area contributed by atoms with E-state index in [9.17, 15) is 4.79 Å². The lowest BCUT2D eigenvalue weighted by molar-refractivity contribution is 0.102. The predicted molar refractivity (Wildman–Crippen MR) is 106 cm³/mol. The topological polar surface area (TPSA) is 99.9 Å². The highest BCUT2D eigenvalue weighted by Crippen LogP contribution is 2.17. The molecular formula is C21H19N5O2. The van der Waals surface area contributed by atoms with Gasteiger partial charge in [0, 0.05) is 18.4 Å². The number of para-hydroxylation sites is 1. The molecule has 7 heteroatoms. The zero-order chi connectivity index (χ0) is 19.8. The fraction of sp³-hybridized carbons (Fsp3) is 0.143. The molecule has 1 heterocycles. The Labute approximate surface area is 163 Å². The second-order valence-corrected chi connectivity index (χ2v) is 5.90. The maximum absolute atomic E-state index is 12.4. The molecule has 2 aromatic carbocycles. The van der Waals surface area contributed by atoms with Crippen LogP contribution >= 0.6 is 0 Å². The van der Waals surface area contributed by atoms with Crippen LogP contribution in [-0.2, 0) is 6.42 Å². The van der Waals surface area contributed by atoms with Gasteiger partial charge in [-0.05, 0) is 48.4 Å². The average molecular weight is 373 g/mol. The number of anilines is 2. The van der Waals surface area contributed by atoms with E-state index in [1.165, 1.54) is 6.20 Å². The molecule has 7 nitrogen and oxygen atoms in total. The SMILES string of the molecule is COc1ccccc1CCNc1nccc(C(=O)Nc2ccc(C#N)cc2)n1. The molecule has 140 valence electrons. The minimum absolute atomic E-state index is 0.249. The fourth-order valence-corrected chi connectivity index (χ4v) is 2.61. The number of carbonyl (C=O) groups excluding carboxylic acids is 1. The molecule has 0 aliphatic carbocycles. The summed E-state index contributed by atoms with van der Waals surface area (Å²) in [5, 5.41) is 14.7. The molecule has 0 aliphatic heterocycles. The zero-order valence-corrected chi connectivity index (χ0v) is 15.3. The largest absolute Gasteiger partial charge is 0.496 e. The minimum atomic E-state index is -0.347. The van der Waals surface area contributed by atoms with Crippen molar-refractivity contribution >= 4 is 17.5 Å². The molecular weight excluding hydrogens is 354 g/mol. The predicted octanol–water partition coefficient (Wildman–Crippen LogP) is 3.26. The summed E-state index contributed by atoms with van der Waals surface area (Å²) in [4.78, 5) is 20.8. The Morgan fingerprint density at radius 1 is 1.14 bits per heavy atom. The van der Waals surface area contributed by atoms with Crippen molar-refractivity contribution in [2.75, 3.05) is 24.3 Å².